The Bertz CT molecular complexity index is 923. The number of carbonyl (C=O) groups excluding carboxylic acids is 2. The summed E-state index contributed by atoms with van der Waals surface area (Å²) >= 11 is 9.52. The van der Waals surface area contributed by atoms with Crippen LogP contribution in [-0.2, 0) is 0 Å². The maximum Gasteiger partial charge on any atom is 0.170 e. The Morgan fingerprint density at radius 3 is 2.00 bits per heavy atom. The van der Waals surface area contributed by atoms with Crippen molar-refractivity contribution in [3.05, 3.63) is 105 Å². The third kappa shape index (κ3) is 4.29. The van der Waals surface area contributed by atoms with Gasteiger partial charge in [-0.15, -0.1) is 0 Å². The predicted molar refractivity (Wildman–Crippen MR) is 108 cm³/mol. The van der Waals surface area contributed by atoms with E-state index in [1.54, 1.807) is 42.5 Å². The molecule has 0 bridgehead atoms. The van der Waals surface area contributed by atoms with Gasteiger partial charge in [-0.25, -0.2) is 0 Å². The lowest BCUT2D eigenvalue weighted by molar-refractivity contribution is 0.0893. The summed E-state index contributed by atoms with van der Waals surface area (Å²) < 4.78 is 0.722. The molecule has 1 unspecified atom stereocenters. The van der Waals surface area contributed by atoms with Gasteiger partial charge in [0.1, 0.15) is 0 Å². The molecule has 0 saturated heterocycles. The maximum absolute atomic E-state index is 13.1. The molecule has 0 aliphatic carbocycles. The normalized spacial score (nSPS) is 11.8. The van der Waals surface area contributed by atoms with Crippen LogP contribution in [0.25, 0.3) is 0 Å². The molecule has 0 radical (unpaired) electrons. The van der Waals surface area contributed by atoms with Gasteiger partial charge in [-0.2, -0.15) is 0 Å². The molecule has 0 amide bonds. The first-order valence-corrected chi connectivity index (χ1v) is 9.36. The largest absolute Gasteiger partial charge is 0.294 e. The molecule has 0 aliphatic heterocycles. The number of hydrogen-bond donors (Lipinski definition) is 0. The Balaban J connectivity index is 1.99. The van der Waals surface area contributed by atoms with E-state index in [0.29, 0.717) is 16.1 Å². The van der Waals surface area contributed by atoms with E-state index in [9.17, 15) is 9.59 Å². The molecule has 0 saturated carbocycles. The van der Waals surface area contributed by atoms with Gasteiger partial charge >= 0.3 is 0 Å². The second-order valence-corrected chi connectivity index (χ2v) is 7.23. The predicted octanol–water partition coefficient (Wildman–Crippen LogP) is 6.34. The van der Waals surface area contributed by atoms with Gasteiger partial charge in [0.05, 0.1) is 5.92 Å². The summed E-state index contributed by atoms with van der Waals surface area (Å²) in [5.41, 5.74) is 1.94. The molecule has 0 heterocycles. The number of benzene rings is 3. The average Bonchev–Trinajstić information content (AvgIpc) is 2.67. The first-order valence-electron chi connectivity index (χ1n) is 8.18. The fourth-order valence-electron chi connectivity index (χ4n) is 2.86. The highest BCUT2D eigenvalue weighted by molar-refractivity contribution is 9.10. The van der Waals surface area contributed by atoms with Crippen molar-refractivity contribution in [1.82, 2.24) is 0 Å². The van der Waals surface area contributed by atoms with Crippen LogP contribution in [0, 0.1) is 0 Å². The molecule has 26 heavy (non-hydrogen) atoms. The standard InChI is InChI=1S/C22H16BrClO2/c23-20-13-17(24)11-12-18(20)19(22(26)16-9-5-2-6-10-16)14-21(25)15-7-3-1-4-8-15/h1-13,19H,14H2. The summed E-state index contributed by atoms with van der Waals surface area (Å²) in [4.78, 5) is 25.9. The number of rotatable bonds is 6. The molecule has 130 valence electrons. The van der Waals surface area contributed by atoms with Gasteiger partial charge < -0.3 is 0 Å². The molecule has 2 nitrogen and oxygen atoms in total. The summed E-state index contributed by atoms with van der Waals surface area (Å²) in [6, 6.07) is 23.4. The zero-order valence-electron chi connectivity index (χ0n) is 13.9. The van der Waals surface area contributed by atoms with Gasteiger partial charge in [0.2, 0.25) is 0 Å². The topological polar surface area (TPSA) is 34.1 Å². The molecule has 3 aromatic carbocycles. The number of Topliss-reactive ketones (excluding diaryl/α,β-unsaturated/α-hetero) is 2. The van der Waals surface area contributed by atoms with Crippen molar-refractivity contribution in [2.45, 2.75) is 12.3 Å². The van der Waals surface area contributed by atoms with Crippen LogP contribution in [0.2, 0.25) is 5.02 Å². The van der Waals surface area contributed by atoms with Crippen LogP contribution < -0.4 is 0 Å². The van der Waals surface area contributed by atoms with Crippen LogP contribution >= 0.6 is 27.5 Å². The maximum atomic E-state index is 13.1. The van der Waals surface area contributed by atoms with Crippen LogP contribution in [0.1, 0.15) is 38.6 Å². The minimum absolute atomic E-state index is 0.0678. The number of ketones is 2. The van der Waals surface area contributed by atoms with Crippen LogP contribution in [0.5, 0.6) is 0 Å². The molecule has 3 aromatic rings. The third-order valence-electron chi connectivity index (χ3n) is 4.20. The van der Waals surface area contributed by atoms with Crippen LogP contribution in [0.4, 0.5) is 0 Å². The van der Waals surface area contributed by atoms with Gasteiger partial charge in [0.15, 0.2) is 11.6 Å². The van der Waals surface area contributed by atoms with Gasteiger partial charge in [0, 0.05) is 27.0 Å². The fraction of sp³-hybridized carbons (Fsp3) is 0.0909. The molecule has 4 heteroatoms. The lowest BCUT2D eigenvalue weighted by Gasteiger charge is -2.18. The number of halogens is 2. The van der Waals surface area contributed by atoms with E-state index >= 15 is 0 Å². The summed E-state index contributed by atoms with van der Waals surface area (Å²) in [5.74, 6) is -0.739. The molecule has 0 aliphatic rings. The Kier molecular flexibility index (Phi) is 6.02. The van der Waals surface area contributed by atoms with Crippen molar-refractivity contribution in [3.63, 3.8) is 0 Å². The van der Waals surface area contributed by atoms with Crippen molar-refractivity contribution in [2.75, 3.05) is 0 Å². The van der Waals surface area contributed by atoms with Crippen molar-refractivity contribution in [1.29, 1.82) is 0 Å². The van der Waals surface area contributed by atoms with E-state index in [1.807, 2.05) is 36.4 Å². The highest BCUT2D eigenvalue weighted by atomic mass is 79.9. The first-order chi connectivity index (χ1) is 12.6. The van der Waals surface area contributed by atoms with Crippen molar-refractivity contribution in [3.8, 4) is 0 Å². The highest BCUT2D eigenvalue weighted by Gasteiger charge is 2.27. The summed E-state index contributed by atoms with van der Waals surface area (Å²) in [7, 11) is 0. The van der Waals surface area contributed by atoms with Crippen LogP contribution in [-0.4, -0.2) is 11.6 Å². The van der Waals surface area contributed by atoms with E-state index < -0.39 is 5.92 Å². The average molecular weight is 428 g/mol. The molecule has 0 fully saturated rings. The minimum Gasteiger partial charge on any atom is -0.294 e. The monoisotopic (exact) mass is 426 g/mol. The molecule has 3 rings (SSSR count). The minimum atomic E-state index is -0.586. The quantitative estimate of drug-likeness (QED) is 0.430. The third-order valence-corrected chi connectivity index (χ3v) is 5.12. The fourth-order valence-corrected chi connectivity index (χ4v) is 3.82. The molecular weight excluding hydrogens is 412 g/mol. The Hall–Kier alpha value is -2.23. The van der Waals surface area contributed by atoms with E-state index in [-0.39, 0.29) is 18.0 Å². The highest BCUT2D eigenvalue weighted by Crippen LogP contribution is 2.33. The summed E-state index contributed by atoms with van der Waals surface area (Å²) in [5, 5.41) is 0.570. The lowest BCUT2D eigenvalue weighted by Crippen LogP contribution is -2.18. The molecular formula is C22H16BrClO2. The van der Waals surface area contributed by atoms with Crippen molar-refractivity contribution in [2.24, 2.45) is 0 Å². The van der Waals surface area contributed by atoms with Crippen molar-refractivity contribution >= 4 is 39.1 Å². The molecule has 1 atom stereocenters. The van der Waals surface area contributed by atoms with Crippen LogP contribution in [0.3, 0.4) is 0 Å². The SMILES string of the molecule is O=C(CC(C(=O)c1ccccc1)c1ccc(Cl)cc1Br)c1ccccc1. The van der Waals surface area contributed by atoms with Gasteiger partial charge in [-0.3, -0.25) is 9.59 Å². The zero-order chi connectivity index (χ0) is 18.5. The van der Waals surface area contributed by atoms with Crippen LogP contribution in [0.15, 0.2) is 83.3 Å². The van der Waals surface area contributed by atoms with E-state index in [4.69, 9.17) is 11.6 Å². The zero-order valence-corrected chi connectivity index (χ0v) is 16.2. The first kappa shape index (κ1) is 18.6. The smallest absolute Gasteiger partial charge is 0.170 e. The lowest BCUT2D eigenvalue weighted by atomic mass is 9.85. The Labute approximate surface area is 165 Å². The Morgan fingerprint density at radius 2 is 1.42 bits per heavy atom. The van der Waals surface area contributed by atoms with E-state index in [1.165, 1.54) is 0 Å². The molecule has 0 N–H and O–H groups in total. The summed E-state index contributed by atoms with van der Waals surface area (Å²) in [6.07, 6.45) is 0.0952. The van der Waals surface area contributed by atoms with Crippen molar-refractivity contribution < 1.29 is 9.59 Å². The van der Waals surface area contributed by atoms with Gasteiger partial charge in [-0.05, 0) is 17.7 Å². The second-order valence-electron chi connectivity index (χ2n) is 5.94. The molecule has 0 spiro atoms. The van der Waals surface area contributed by atoms with Gasteiger partial charge in [-0.1, -0.05) is 94.3 Å². The summed E-state index contributed by atoms with van der Waals surface area (Å²) in [6.45, 7) is 0. The Morgan fingerprint density at radius 1 is 0.846 bits per heavy atom. The number of carbonyl (C=O) groups is 2. The number of hydrogen-bond acceptors (Lipinski definition) is 2. The van der Waals surface area contributed by atoms with E-state index in [2.05, 4.69) is 15.9 Å². The second kappa shape index (κ2) is 8.43. The molecule has 0 aromatic heterocycles. The van der Waals surface area contributed by atoms with Gasteiger partial charge in [0.25, 0.3) is 0 Å². The van der Waals surface area contributed by atoms with E-state index in [0.717, 1.165) is 10.0 Å².